The Hall–Kier alpha value is -2.94. The van der Waals surface area contributed by atoms with Gasteiger partial charge in [0.05, 0.1) is 0 Å². The van der Waals surface area contributed by atoms with Crippen molar-refractivity contribution in [1.82, 2.24) is 14.1 Å². The first-order valence-electron chi connectivity index (χ1n) is 11.6. The van der Waals surface area contributed by atoms with E-state index in [0.717, 1.165) is 48.7 Å². The van der Waals surface area contributed by atoms with Gasteiger partial charge < -0.3 is 10.2 Å². The van der Waals surface area contributed by atoms with Gasteiger partial charge in [0.25, 0.3) is 5.56 Å². The molecule has 33 heavy (non-hydrogen) atoms. The summed E-state index contributed by atoms with van der Waals surface area (Å²) in [4.78, 5) is 46.3. The number of aryl methyl sites for hydroxylation is 1. The predicted octanol–water partition coefficient (Wildman–Crippen LogP) is 3.64. The van der Waals surface area contributed by atoms with Crippen LogP contribution in [0.15, 0.2) is 33.9 Å². The van der Waals surface area contributed by atoms with Gasteiger partial charge >= 0.3 is 5.69 Å². The summed E-state index contributed by atoms with van der Waals surface area (Å²) < 4.78 is 2.97. The Morgan fingerprint density at radius 1 is 1.21 bits per heavy atom. The van der Waals surface area contributed by atoms with Crippen LogP contribution in [0, 0.1) is 5.92 Å². The molecule has 0 aliphatic carbocycles. The van der Waals surface area contributed by atoms with Crippen LogP contribution in [-0.2, 0) is 17.8 Å². The molecule has 176 valence electrons. The normalized spacial score (nSPS) is 14.9. The number of thiazole rings is 1. The molecular weight excluding hydrogens is 438 g/mol. The first-order chi connectivity index (χ1) is 15.8. The van der Waals surface area contributed by atoms with Crippen molar-refractivity contribution in [1.29, 1.82) is 0 Å². The number of anilines is 2. The quantitative estimate of drug-likeness (QED) is 0.595. The Balaban J connectivity index is 1.75. The van der Waals surface area contributed by atoms with Crippen LogP contribution in [0.5, 0.6) is 0 Å². The van der Waals surface area contributed by atoms with E-state index in [4.69, 9.17) is 4.98 Å². The Morgan fingerprint density at radius 2 is 1.91 bits per heavy atom. The zero-order valence-corrected chi connectivity index (χ0v) is 20.4. The van der Waals surface area contributed by atoms with Gasteiger partial charge in [-0.3, -0.25) is 18.7 Å². The Bertz CT molecular complexity index is 1280. The van der Waals surface area contributed by atoms with E-state index < -0.39 is 5.69 Å². The lowest BCUT2D eigenvalue weighted by molar-refractivity contribution is -0.116. The summed E-state index contributed by atoms with van der Waals surface area (Å²) in [5, 5.41) is 3.66. The number of aromatic nitrogens is 3. The van der Waals surface area contributed by atoms with E-state index in [1.807, 2.05) is 31.2 Å². The maximum absolute atomic E-state index is 13.3. The Kier molecular flexibility index (Phi) is 6.69. The van der Waals surface area contributed by atoms with E-state index in [9.17, 15) is 14.4 Å². The molecule has 2 aromatic heterocycles. The fourth-order valence-corrected chi connectivity index (χ4v) is 5.32. The monoisotopic (exact) mass is 469 g/mol. The average Bonchev–Trinajstić information content (AvgIpc) is 3.23. The van der Waals surface area contributed by atoms with Crippen LogP contribution in [-0.4, -0.2) is 33.1 Å². The summed E-state index contributed by atoms with van der Waals surface area (Å²) in [7, 11) is 0. The number of carbonyl (C=O) groups is 1. The number of carbonyl (C=O) groups excluding carboxylic acids is 1. The molecule has 1 fully saturated rings. The van der Waals surface area contributed by atoms with Crippen LogP contribution in [0.4, 0.5) is 10.8 Å². The highest BCUT2D eigenvalue weighted by Crippen LogP contribution is 2.29. The zero-order chi connectivity index (χ0) is 23.7. The molecule has 0 spiro atoms. The first kappa shape index (κ1) is 23.2. The molecule has 1 N–H and O–H groups in total. The van der Waals surface area contributed by atoms with Gasteiger partial charge in [-0.2, -0.15) is 0 Å². The second-order valence-electron chi connectivity index (χ2n) is 9.02. The molecule has 1 saturated heterocycles. The number of piperidine rings is 1. The predicted molar refractivity (Wildman–Crippen MR) is 134 cm³/mol. The topological polar surface area (TPSA) is 89.2 Å². The molecule has 4 rings (SSSR count). The lowest BCUT2D eigenvalue weighted by atomic mass is 10.00. The van der Waals surface area contributed by atoms with Gasteiger partial charge in [-0.25, -0.2) is 9.78 Å². The molecule has 0 atom stereocenters. The molecule has 1 aliphatic heterocycles. The summed E-state index contributed by atoms with van der Waals surface area (Å²) in [6.45, 7) is 9.39. The fraction of sp³-hybridized carbons (Fsp3) is 0.500. The van der Waals surface area contributed by atoms with Crippen molar-refractivity contribution in [2.45, 2.75) is 59.5 Å². The third-order valence-electron chi connectivity index (χ3n) is 6.25. The highest BCUT2D eigenvalue weighted by molar-refractivity contribution is 7.22. The van der Waals surface area contributed by atoms with Crippen molar-refractivity contribution in [3.63, 3.8) is 0 Å². The van der Waals surface area contributed by atoms with Crippen molar-refractivity contribution in [2.24, 2.45) is 5.92 Å². The Morgan fingerprint density at radius 3 is 2.58 bits per heavy atom. The molecule has 0 bridgehead atoms. The SMILES string of the molecule is CCc1ccccc1NC(=O)Cn1c(=O)n(C(C)C)c(=O)c2sc(N3CCC(C)CC3)nc21. The number of nitrogens with zero attached hydrogens (tertiary/aromatic N) is 4. The van der Waals surface area contributed by atoms with Gasteiger partial charge in [-0.15, -0.1) is 0 Å². The molecule has 1 amide bonds. The number of hydrogen-bond donors (Lipinski definition) is 1. The maximum Gasteiger partial charge on any atom is 0.333 e. The number of hydrogen-bond acceptors (Lipinski definition) is 6. The zero-order valence-electron chi connectivity index (χ0n) is 19.6. The molecule has 0 unspecified atom stereocenters. The van der Waals surface area contributed by atoms with Crippen LogP contribution in [0.3, 0.4) is 0 Å². The molecule has 8 nitrogen and oxygen atoms in total. The van der Waals surface area contributed by atoms with Gasteiger partial charge in [0.2, 0.25) is 5.91 Å². The third kappa shape index (κ3) is 4.59. The fourth-order valence-electron chi connectivity index (χ4n) is 4.26. The second-order valence-corrected chi connectivity index (χ2v) is 9.99. The highest BCUT2D eigenvalue weighted by atomic mass is 32.1. The molecule has 9 heteroatoms. The Labute approximate surface area is 196 Å². The van der Waals surface area contributed by atoms with Crippen LogP contribution >= 0.6 is 11.3 Å². The second kappa shape index (κ2) is 9.51. The van der Waals surface area contributed by atoms with E-state index in [0.29, 0.717) is 16.3 Å². The number of rotatable bonds is 6. The van der Waals surface area contributed by atoms with Gasteiger partial charge in [0.15, 0.2) is 10.8 Å². The molecule has 1 aliphatic rings. The van der Waals surface area contributed by atoms with E-state index in [2.05, 4.69) is 17.1 Å². The number of fused-ring (bicyclic) bond motifs is 1. The summed E-state index contributed by atoms with van der Waals surface area (Å²) in [6, 6.07) is 7.28. The number of amides is 1. The van der Waals surface area contributed by atoms with Crippen molar-refractivity contribution < 1.29 is 4.79 Å². The molecule has 0 radical (unpaired) electrons. The van der Waals surface area contributed by atoms with E-state index >= 15 is 0 Å². The minimum atomic E-state index is -0.509. The van der Waals surface area contributed by atoms with Crippen LogP contribution in [0.1, 0.15) is 52.1 Å². The van der Waals surface area contributed by atoms with Crippen molar-refractivity contribution in [2.75, 3.05) is 23.3 Å². The summed E-state index contributed by atoms with van der Waals surface area (Å²) in [5.74, 6) is 0.344. The largest absolute Gasteiger partial charge is 0.348 e. The van der Waals surface area contributed by atoms with E-state index in [1.54, 1.807) is 13.8 Å². The van der Waals surface area contributed by atoms with Gasteiger partial charge in [0, 0.05) is 24.8 Å². The number of benzene rings is 1. The summed E-state index contributed by atoms with van der Waals surface area (Å²) in [6.07, 6.45) is 2.92. The standard InChI is InChI=1S/C24H31N5O3S/c1-5-17-8-6-7-9-18(17)25-19(30)14-28-21-20(22(31)29(15(2)3)24(28)32)33-23(26-21)27-12-10-16(4)11-13-27/h6-9,15-16H,5,10-14H2,1-4H3,(H,25,30). The van der Waals surface area contributed by atoms with Crippen molar-refractivity contribution in [3.8, 4) is 0 Å². The highest BCUT2D eigenvalue weighted by Gasteiger charge is 2.24. The lowest BCUT2D eigenvalue weighted by Gasteiger charge is -2.29. The summed E-state index contributed by atoms with van der Waals surface area (Å²) in [5.41, 5.74) is 1.19. The maximum atomic E-state index is 13.3. The molecule has 0 saturated carbocycles. The number of nitrogens with one attached hydrogen (secondary N) is 1. The van der Waals surface area contributed by atoms with Crippen LogP contribution in [0.2, 0.25) is 0 Å². The summed E-state index contributed by atoms with van der Waals surface area (Å²) >= 11 is 1.31. The third-order valence-corrected chi connectivity index (χ3v) is 7.34. The lowest BCUT2D eigenvalue weighted by Crippen LogP contribution is -2.42. The first-order valence-corrected chi connectivity index (χ1v) is 12.4. The molecule has 3 heterocycles. The minimum Gasteiger partial charge on any atom is -0.348 e. The smallest absolute Gasteiger partial charge is 0.333 e. The molecule has 1 aromatic carbocycles. The van der Waals surface area contributed by atoms with Crippen molar-refractivity contribution in [3.05, 3.63) is 50.7 Å². The molecular formula is C24H31N5O3S. The van der Waals surface area contributed by atoms with E-state index in [1.165, 1.54) is 20.5 Å². The molecule has 3 aromatic rings. The van der Waals surface area contributed by atoms with Crippen LogP contribution in [0.25, 0.3) is 10.3 Å². The van der Waals surface area contributed by atoms with Crippen LogP contribution < -0.4 is 21.5 Å². The van der Waals surface area contributed by atoms with Gasteiger partial charge in [-0.05, 0) is 50.7 Å². The minimum absolute atomic E-state index is 0.208. The average molecular weight is 470 g/mol. The van der Waals surface area contributed by atoms with Crippen molar-refractivity contribution >= 4 is 38.4 Å². The number of para-hydroxylation sites is 1. The van der Waals surface area contributed by atoms with Gasteiger partial charge in [-0.1, -0.05) is 43.4 Å². The van der Waals surface area contributed by atoms with Gasteiger partial charge in [0.1, 0.15) is 11.2 Å². The van der Waals surface area contributed by atoms with E-state index in [-0.39, 0.29) is 24.1 Å².